The number of benzene rings is 3. The molecule has 3 aromatic carbocycles. The Kier molecular flexibility index (Phi) is 7.19. The summed E-state index contributed by atoms with van der Waals surface area (Å²) >= 11 is 0. The molecule has 39 heavy (non-hydrogen) atoms. The van der Waals surface area contributed by atoms with Crippen LogP contribution in [0.5, 0.6) is 11.5 Å². The highest BCUT2D eigenvalue weighted by atomic mass is 16.5. The van der Waals surface area contributed by atoms with Gasteiger partial charge in [0.25, 0.3) is 0 Å². The highest BCUT2D eigenvalue weighted by Gasteiger charge is 2.38. The molecule has 1 aromatic heterocycles. The molecule has 2 aliphatic rings. The minimum absolute atomic E-state index is 0.208. The molecule has 0 radical (unpaired) electrons. The third-order valence-corrected chi connectivity index (χ3v) is 7.38. The summed E-state index contributed by atoms with van der Waals surface area (Å²) in [4.78, 5) is 12.5. The number of aromatic nitrogens is 2. The van der Waals surface area contributed by atoms with Crippen LogP contribution in [-0.2, 0) is 19.5 Å². The van der Waals surface area contributed by atoms with E-state index in [1.165, 1.54) is 22.3 Å². The van der Waals surface area contributed by atoms with Gasteiger partial charge in [-0.05, 0) is 53.8 Å². The molecule has 0 fully saturated rings. The van der Waals surface area contributed by atoms with Gasteiger partial charge in [-0.1, -0.05) is 54.6 Å². The molecular formula is C31H34N6O2. The maximum absolute atomic E-state index is 5.35. The molecule has 2 aliphatic heterocycles. The van der Waals surface area contributed by atoms with Gasteiger partial charge in [0.1, 0.15) is 17.3 Å². The summed E-state index contributed by atoms with van der Waals surface area (Å²) in [6.45, 7) is 3.17. The maximum atomic E-state index is 5.35. The van der Waals surface area contributed by atoms with Gasteiger partial charge in [0.05, 0.1) is 32.4 Å². The number of hydrogen-bond acceptors (Lipinski definition) is 8. The zero-order valence-corrected chi connectivity index (χ0v) is 22.4. The van der Waals surface area contributed by atoms with Crippen molar-refractivity contribution in [3.63, 3.8) is 0 Å². The van der Waals surface area contributed by atoms with Crippen molar-refractivity contribution in [2.75, 3.05) is 42.5 Å². The molecule has 0 aliphatic carbocycles. The number of ether oxygens (including phenoxy) is 2. The van der Waals surface area contributed by atoms with Crippen LogP contribution < -0.4 is 30.1 Å². The van der Waals surface area contributed by atoms with Gasteiger partial charge < -0.3 is 19.7 Å². The molecule has 3 heterocycles. The lowest BCUT2D eigenvalue weighted by Crippen LogP contribution is -2.37. The predicted octanol–water partition coefficient (Wildman–Crippen LogP) is 5.12. The largest absolute Gasteiger partial charge is 0.497 e. The van der Waals surface area contributed by atoms with Gasteiger partial charge in [0, 0.05) is 19.6 Å². The lowest BCUT2D eigenvalue weighted by molar-refractivity contribution is 0.414. The summed E-state index contributed by atoms with van der Waals surface area (Å²) in [5, 5.41) is 5.68. The van der Waals surface area contributed by atoms with E-state index in [4.69, 9.17) is 19.4 Å². The van der Waals surface area contributed by atoms with Crippen LogP contribution in [0.4, 0.5) is 17.6 Å². The zero-order chi connectivity index (χ0) is 26.6. The molecule has 4 aromatic rings. The van der Waals surface area contributed by atoms with E-state index in [2.05, 4.69) is 69.2 Å². The molecule has 0 bridgehead atoms. The summed E-state index contributed by atoms with van der Waals surface area (Å²) in [6.07, 6.45) is 1.86. The van der Waals surface area contributed by atoms with E-state index in [-0.39, 0.29) is 6.04 Å². The Morgan fingerprint density at radius 3 is 2.13 bits per heavy atom. The number of anilines is 3. The molecule has 8 heteroatoms. The second-order valence-electron chi connectivity index (χ2n) is 9.94. The lowest BCUT2D eigenvalue weighted by Gasteiger charge is -2.32. The van der Waals surface area contributed by atoms with Crippen LogP contribution in [0.25, 0.3) is 0 Å². The Morgan fingerprint density at radius 2 is 1.44 bits per heavy atom. The van der Waals surface area contributed by atoms with Crippen LogP contribution in [0.15, 0.2) is 78.9 Å². The van der Waals surface area contributed by atoms with Gasteiger partial charge in [-0.25, -0.2) is 5.43 Å². The number of methoxy groups -OCH3 is 2. The minimum Gasteiger partial charge on any atom is -0.497 e. The fourth-order valence-corrected chi connectivity index (χ4v) is 5.30. The maximum Gasteiger partial charge on any atom is 0.226 e. The monoisotopic (exact) mass is 522 g/mol. The van der Waals surface area contributed by atoms with Crippen molar-refractivity contribution in [3.05, 3.63) is 101 Å². The van der Waals surface area contributed by atoms with E-state index in [1.54, 1.807) is 14.2 Å². The molecule has 1 atom stereocenters. The van der Waals surface area contributed by atoms with Gasteiger partial charge in [0.15, 0.2) is 5.82 Å². The Labute approximate surface area is 229 Å². The van der Waals surface area contributed by atoms with Crippen molar-refractivity contribution in [3.8, 4) is 11.5 Å². The Hall–Kier alpha value is -4.30. The summed E-state index contributed by atoms with van der Waals surface area (Å²) in [5.41, 5.74) is 8.60. The summed E-state index contributed by atoms with van der Waals surface area (Å²) < 4.78 is 10.6. The number of nitrogens with one attached hydrogen (secondary N) is 2. The Bertz CT molecular complexity index is 1400. The van der Waals surface area contributed by atoms with Gasteiger partial charge >= 0.3 is 0 Å². The number of rotatable bonds is 10. The SMILES string of the molecule is COc1ccc(CCNc2nc3c4c(n2)N(Cc2ccccc2)NC4CCN3Cc2ccc(OC)cc2)cc1. The van der Waals surface area contributed by atoms with E-state index in [0.29, 0.717) is 5.95 Å². The number of nitrogens with zero attached hydrogens (tertiary/aromatic N) is 4. The minimum atomic E-state index is 0.208. The first kappa shape index (κ1) is 25.0. The van der Waals surface area contributed by atoms with Crippen LogP contribution in [0.2, 0.25) is 0 Å². The highest BCUT2D eigenvalue weighted by molar-refractivity contribution is 5.68. The van der Waals surface area contributed by atoms with Crippen LogP contribution in [0.1, 0.15) is 34.7 Å². The molecular weight excluding hydrogens is 488 g/mol. The average molecular weight is 523 g/mol. The Balaban J connectivity index is 1.27. The lowest BCUT2D eigenvalue weighted by atomic mass is 10.0. The van der Waals surface area contributed by atoms with E-state index in [9.17, 15) is 0 Å². The standard InChI is InChI=1S/C31H34N6O2/c1-38-25-12-8-22(9-13-25)16-18-32-31-33-29-28-27(17-19-36(29)20-24-10-14-26(39-2)15-11-24)35-37(30(28)34-31)21-23-6-4-3-5-7-23/h3-15,27,35H,16-21H2,1-2H3,(H,32,33,34). The fraction of sp³-hybridized carbons (Fsp3) is 0.290. The van der Waals surface area contributed by atoms with E-state index in [1.807, 2.05) is 30.3 Å². The van der Waals surface area contributed by atoms with Crippen LogP contribution in [0, 0.1) is 0 Å². The van der Waals surface area contributed by atoms with Gasteiger partial charge in [0.2, 0.25) is 5.95 Å². The van der Waals surface area contributed by atoms with Crippen molar-refractivity contribution in [2.24, 2.45) is 0 Å². The Morgan fingerprint density at radius 1 is 0.795 bits per heavy atom. The quantitative estimate of drug-likeness (QED) is 0.297. The van der Waals surface area contributed by atoms with Gasteiger partial charge in [-0.2, -0.15) is 9.97 Å². The fourth-order valence-electron chi connectivity index (χ4n) is 5.30. The molecule has 0 amide bonds. The molecule has 0 saturated carbocycles. The van der Waals surface area contributed by atoms with Crippen molar-refractivity contribution >= 4 is 17.6 Å². The van der Waals surface area contributed by atoms with Crippen molar-refractivity contribution in [2.45, 2.75) is 32.0 Å². The molecule has 6 rings (SSSR count). The normalized spacial score (nSPS) is 15.7. The average Bonchev–Trinajstić information content (AvgIpc) is 3.33. The van der Waals surface area contributed by atoms with Crippen LogP contribution >= 0.6 is 0 Å². The molecule has 2 N–H and O–H groups in total. The number of hydrazine groups is 1. The van der Waals surface area contributed by atoms with E-state index < -0.39 is 0 Å². The first-order valence-electron chi connectivity index (χ1n) is 13.4. The van der Waals surface area contributed by atoms with E-state index in [0.717, 1.165) is 62.2 Å². The molecule has 200 valence electrons. The van der Waals surface area contributed by atoms with Crippen molar-refractivity contribution in [1.82, 2.24) is 15.4 Å². The van der Waals surface area contributed by atoms with Gasteiger partial charge in [-0.3, -0.25) is 5.01 Å². The summed E-state index contributed by atoms with van der Waals surface area (Å²) in [5.74, 6) is 4.34. The van der Waals surface area contributed by atoms with Crippen LogP contribution in [-0.4, -0.2) is 37.3 Å². The third-order valence-electron chi connectivity index (χ3n) is 7.38. The van der Waals surface area contributed by atoms with Crippen molar-refractivity contribution < 1.29 is 9.47 Å². The van der Waals surface area contributed by atoms with E-state index >= 15 is 0 Å². The molecule has 8 nitrogen and oxygen atoms in total. The molecule has 0 saturated heterocycles. The topological polar surface area (TPSA) is 74.8 Å². The number of hydrogen-bond donors (Lipinski definition) is 2. The third kappa shape index (κ3) is 5.47. The smallest absolute Gasteiger partial charge is 0.226 e. The molecule has 0 spiro atoms. The predicted molar refractivity (Wildman–Crippen MR) is 154 cm³/mol. The van der Waals surface area contributed by atoms with Gasteiger partial charge in [-0.15, -0.1) is 0 Å². The van der Waals surface area contributed by atoms with Crippen molar-refractivity contribution in [1.29, 1.82) is 0 Å². The highest BCUT2D eigenvalue weighted by Crippen LogP contribution is 2.44. The zero-order valence-electron chi connectivity index (χ0n) is 22.4. The first-order chi connectivity index (χ1) is 19.2. The summed E-state index contributed by atoms with van der Waals surface area (Å²) in [7, 11) is 3.38. The second-order valence-corrected chi connectivity index (χ2v) is 9.94. The summed E-state index contributed by atoms with van der Waals surface area (Å²) in [6, 6.07) is 27.2. The second kappa shape index (κ2) is 11.2. The molecule has 1 unspecified atom stereocenters. The van der Waals surface area contributed by atoms with Crippen LogP contribution in [0.3, 0.4) is 0 Å². The first-order valence-corrected chi connectivity index (χ1v) is 13.4.